The van der Waals surface area contributed by atoms with E-state index in [4.69, 9.17) is 0 Å². The molecular formula is C14H6Br2N4S2. The Bertz CT molecular complexity index is 839. The fraction of sp³-hybridized carbons (Fsp3) is 0. The predicted octanol–water partition coefficient (Wildman–Crippen LogP) is 5.40. The van der Waals surface area contributed by atoms with E-state index in [1.807, 2.05) is 24.3 Å². The first-order valence-corrected chi connectivity index (χ1v) is 9.42. The summed E-state index contributed by atoms with van der Waals surface area (Å²) in [6.45, 7) is 0. The van der Waals surface area contributed by atoms with Gasteiger partial charge in [-0.15, -0.1) is 0 Å². The van der Waals surface area contributed by atoms with Gasteiger partial charge in [0.05, 0.1) is 11.4 Å². The van der Waals surface area contributed by atoms with Gasteiger partial charge in [0.2, 0.25) is 0 Å². The zero-order chi connectivity index (χ0) is 15.1. The van der Waals surface area contributed by atoms with Gasteiger partial charge in [-0.25, -0.2) is 9.97 Å². The van der Waals surface area contributed by atoms with Crippen molar-refractivity contribution in [3.05, 3.63) is 45.6 Å². The fourth-order valence-electron chi connectivity index (χ4n) is 1.87. The summed E-state index contributed by atoms with van der Waals surface area (Å²) in [4.78, 5) is 19.9. The summed E-state index contributed by atoms with van der Waals surface area (Å²) < 4.78 is 1.91. The van der Waals surface area contributed by atoms with Crippen LogP contribution in [0.5, 0.6) is 0 Å². The highest BCUT2D eigenvalue weighted by Gasteiger charge is 2.14. The van der Waals surface area contributed by atoms with E-state index in [1.54, 1.807) is 35.1 Å². The molecule has 0 bridgehead atoms. The summed E-state index contributed by atoms with van der Waals surface area (Å²) >= 11 is 9.87. The summed E-state index contributed by atoms with van der Waals surface area (Å²) in [5.41, 5.74) is 1.73. The maximum absolute atomic E-state index is 4.64. The molecule has 22 heavy (non-hydrogen) atoms. The van der Waals surface area contributed by atoms with Gasteiger partial charge in [0.15, 0.2) is 9.66 Å². The van der Waals surface area contributed by atoms with Crippen LogP contribution in [0.25, 0.3) is 31.1 Å². The summed E-state index contributed by atoms with van der Waals surface area (Å²) in [6.07, 6.45) is 3.55. The van der Waals surface area contributed by atoms with Gasteiger partial charge in [-0.1, -0.05) is 22.7 Å². The van der Waals surface area contributed by atoms with Crippen LogP contribution in [0.1, 0.15) is 0 Å². The quantitative estimate of drug-likeness (QED) is 0.407. The van der Waals surface area contributed by atoms with Crippen LogP contribution < -0.4 is 0 Å². The third kappa shape index (κ3) is 2.71. The van der Waals surface area contributed by atoms with Gasteiger partial charge >= 0.3 is 0 Å². The van der Waals surface area contributed by atoms with Crippen molar-refractivity contribution < 1.29 is 0 Å². The Morgan fingerprint density at radius 2 is 1.14 bits per heavy atom. The topological polar surface area (TPSA) is 51.6 Å². The molecule has 8 heteroatoms. The van der Waals surface area contributed by atoms with Gasteiger partial charge in [0.25, 0.3) is 0 Å². The largest absolute Gasteiger partial charge is 0.253 e. The first-order chi connectivity index (χ1) is 10.7. The van der Waals surface area contributed by atoms with Crippen molar-refractivity contribution in [2.45, 2.75) is 0 Å². The Kier molecular flexibility index (Phi) is 3.77. The average molecular weight is 454 g/mol. The standard InChI is InChI=1S/C14H6Br2N4S2/c15-7-1-3-9(17-5-7)11-19-13-14(21-11)20-12(22-13)10-4-2-8(16)6-18-10/h1-6H. The molecular weight excluding hydrogens is 448 g/mol. The second-order valence-corrected chi connectivity index (χ2v) is 8.16. The van der Waals surface area contributed by atoms with Crippen LogP contribution >= 0.6 is 54.5 Å². The number of thiazole rings is 2. The molecule has 4 aromatic heterocycles. The number of halogens is 2. The summed E-state index contributed by atoms with van der Waals surface area (Å²) in [5.74, 6) is 0. The van der Waals surface area contributed by atoms with Crippen molar-refractivity contribution in [1.82, 2.24) is 19.9 Å². The van der Waals surface area contributed by atoms with Gasteiger partial charge in [0.1, 0.15) is 10.0 Å². The summed E-state index contributed by atoms with van der Waals surface area (Å²) in [5, 5.41) is 1.77. The van der Waals surface area contributed by atoms with Crippen LogP contribution in [0.3, 0.4) is 0 Å². The molecule has 0 atom stereocenters. The van der Waals surface area contributed by atoms with E-state index in [0.29, 0.717) is 0 Å². The van der Waals surface area contributed by atoms with E-state index in [2.05, 4.69) is 51.8 Å². The molecule has 4 heterocycles. The Morgan fingerprint density at radius 1 is 0.682 bits per heavy atom. The first-order valence-electron chi connectivity index (χ1n) is 6.20. The molecule has 0 fully saturated rings. The second kappa shape index (κ2) is 5.77. The van der Waals surface area contributed by atoms with Gasteiger partial charge in [-0.2, -0.15) is 0 Å². The minimum atomic E-state index is 0.863. The molecule has 0 aromatic carbocycles. The molecule has 0 spiro atoms. The van der Waals surface area contributed by atoms with Gasteiger partial charge in [0, 0.05) is 21.3 Å². The fourth-order valence-corrected chi connectivity index (χ4v) is 4.33. The molecule has 0 saturated heterocycles. The number of hydrogen-bond acceptors (Lipinski definition) is 6. The molecule has 0 aliphatic carbocycles. The molecule has 0 saturated carbocycles. The molecule has 0 radical (unpaired) electrons. The monoisotopic (exact) mass is 452 g/mol. The van der Waals surface area contributed by atoms with Gasteiger partial charge in [-0.05, 0) is 56.1 Å². The Hall–Kier alpha value is -1.22. The van der Waals surface area contributed by atoms with Gasteiger partial charge < -0.3 is 0 Å². The number of nitrogens with zero attached hydrogens (tertiary/aromatic N) is 4. The van der Waals surface area contributed by atoms with Crippen LogP contribution in [0, 0.1) is 0 Å². The SMILES string of the molecule is Brc1ccc(-c2nc3sc(-c4ccc(Br)cn4)nc3s2)nc1. The Labute approximate surface area is 150 Å². The zero-order valence-electron chi connectivity index (χ0n) is 10.8. The van der Waals surface area contributed by atoms with Crippen LogP contribution in [-0.4, -0.2) is 19.9 Å². The van der Waals surface area contributed by atoms with Crippen molar-refractivity contribution in [3.8, 4) is 21.4 Å². The molecule has 4 rings (SSSR count). The van der Waals surface area contributed by atoms with Crippen LogP contribution in [0.2, 0.25) is 0 Å². The number of pyridine rings is 2. The van der Waals surface area contributed by atoms with E-state index in [1.165, 1.54) is 0 Å². The van der Waals surface area contributed by atoms with Crippen LogP contribution in [0.15, 0.2) is 45.6 Å². The van der Waals surface area contributed by atoms with Crippen molar-refractivity contribution in [1.29, 1.82) is 0 Å². The number of rotatable bonds is 2. The minimum absolute atomic E-state index is 0.863. The third-order valence-corrected chi connectivity index (χ3v) is 5.88. The lowest BCUT2D eigenvalue weighted by molar-refractivity contribution is 1.29. The maximum atomic E-state index is 4.64. The molecule has 0 aliphatic rings. The number of aromatic nitrogens is 4. The highest BCUT2D eigenvalue weighted by atomic mass is 79.9. The van der Waals surface area contributed by atoms with Gasteiger partial charge in [-0.3, -0.25) is 9.97 Å². The molecule has 108 valence electrons. The zero-order valence-corrected chi connectivity index (χ0v) is 15.6. The lowest BCUT2D eigenvalue weighted by Crippen LogP contribution is -1.81. The number of fused-ring (bicyclic) bond motifs is 1. The van der Waals surface area contributed by atoms with Crippen molar-refractivity contribution >= 4 is 64.2 Å². The Morgan fingerprint density at radius 3 is 1.50 bits per heavy atom. The molecule has 0 unspecified atom stereocenters. The highest BCUT2D eigenvalue weighted by molar-refractivity contribution is 9.10. The van der Waals surface area contributed by atoms with Crippen LogP contribution in [-0.2, 0) is 0 Å². The molecule has 0 N–H and O–H groups in total. The third-order valence-electron chi connectivity index (χ3n) is 2.87. The first kappa shape index (κ1) is 14.4. The smallest absolute Gasteiger partial charge is 0.156 e. The molecule has 0 amide bonds. The molecule has 4 nitrogen and oxygen atoms in total. The molecule has 0 aliphatic heterocycles. The Balaban J connectivity index is 1.73. The van der Waals surface area contributed by atoms with E-state index in [-0.39, 0.29) is 0 Å². The van der Waals surface area contributed by atoms with Crippen molar-refractivity contribution in [2.75, 3.05) is 0 Å². The summed E-state index contributed by atoms with van der Waals surface area (Å²) in [6, 6.07) is 7.82. The minimum Gasteiger partial charge on any atom is -0.253 e. The summed E-state index contributed by atoms with van der Waals surface area (Å²) in [7, 11) is 0. The predicted molar refractivity (Wildman–Crippen MR) is 97.2 cm³/mol. The number of hydrogen-bond donors (Lipinski definition) is 0. The maximum Gasteiger partial charge on any atom is 0.156 e. The van der Waals surface area contributed by atoms with Crippen molar-refractivity contribution in [3.63, 3.8) is 0 Å². The highest BCUT2D eigenvalue weighted by Crippen LogP contribution is 2.35. The second-order valence-electron chi connectivity index (χ2n) is 4.37. The van der Waals surface area contributed by atoms with E-state index >= 15 is 0 Å². The van der Waals surface area contributed by atoms with E-state index in [0.717, 1.165) is 40.0 Å². The van der Waals surface area contributed by atoms with Crippen molar-refractivity contribution in [2.24, 2.45) is 0 Å². The van der Waals surface area contributed by atoms with Crippen LogP contribution in [0.4, 0.5) is 0 Å². The lowest BCUT2D eigenvalue weighted by atomic mass is 10.4. The van der Waals surface area contributed by atoms with E-state index < -0.39 is 0 Å². The lowest BCUT2D eigenvalue weighted by Gasteiger charge is -1.95. The average Bonchev–Trinajstić information content (AvgIpc) is 3.07. The normalized spacial score (nSPS) is 11.2. The van der Waals surface area contributed by atoms with E-state index in [9.17, 15) is 0 Å². The molecule has 4 aromatic rings.